The molecule has 0 amide bonds. The molecule has 98 valence electrons. The van der Waals surface area contributed by atoms with Crippen molar-refractivity contribution in [2.45, 2.75) is 31.5 Å². The summed E-state index contributed by atoms with van der Waals surface area (Å²) in [6.07, 6.45) is 8.21. The molecule has 18 heavy (non-hydrogen) atoms. The fraction of sp³-hybridized carbons (Fsp3) is 0.692. The summed E-state index contributed by atoms with van der Waals surface area (Å²) in [5.74, 6) is 0. The van der Waals surface area contributed by atoms with Gasteiger partial charge < -0.3 is 10.1 Å². The number of hydrogen-bond donors (Lipinski definition) is 1. The van der Waals surface area contributed by atoms with Crippen LogP contribution in [0.2, 0.25) is 0 Å². The molecule has 3 heterocycles. The topological polar surface area (TPSA) is 50.3 Å². The van der Waals surface area contributed by atoms with Crippen molar-refractivity contribution in [3.8, 4) is 0 Å². The lowest BCUT2D eigenvalue weighted by Gasteiger charge is -2.35. The average Bonchev–Trinajstić information content (AvgIpc) is 2.87. The van der Waals surface area contributed by atoms with Gasteiger partial charge in [-0.25, -0.2) is 9.97 Å². The molecular formula is C13H20N4O. The molecule has 1 N–H and O–H groups in total. The van der Waals surface area contributed by atoms with E-state index in [4.69, 9.17) is 4.74 Å². The Morgan fingerprint density at radius 3 is 3.17 bits per heavy atom. The minimum atomic E-state index is 0.323. The predicted molar refractivity (Wildman–Crippen MR) is 68.1 cm³/mol. The molecule has 0 radical (unpaired) electrons. The third-order valence-corrected chi connectivity index (χ3v) is 3.78. The fourth-order valence-electron chi connectivity index (χ4n) is 2.81. The molecule has 2 atom stereocenters. The van der Waals surface area contributed by atoms with Crippen LogP contribution in [0, 0.1) is 0 Å². The highest BCUT2D eigenvalue weighted by molar-refractivity contribution is 5.01. The Morgan fingerprint density at radius 2 is 2.28 bits per heavy atom. The summed E-state index contributed by atoms with van der Waals surface area (Å²) >= 11 is 0. The second-order valence-corrected chi connectivity index (χ2v) is 5.12. The average molecular weight is 248 g/mol. The smallest absolute Gasteiger partial charge is 0.115 e. The number of aromatic nitrogens is 2. The minimum Gasteiger partial charge on any atom is -0.374 e. The number of hydrogen-bond acceptors (Lipinski definition) is 5. The van der Waals surface area contributed by atoms with E-state index in [2.05, 4.69) is 20.2 Å². The van der Waals surface area contributed by atoms with Crippen molar-refractivity contribution in [3.63, 3.8) is 0 Å². The monoisotopic (exact) mass is 248 g/mol. The van der Waals surface area contributed by atoms with Crippen molar-refractivity contribution < 1.29 is 4.74 Å². The van der Waals surface area contributed by atoms with Gasteiger partial charge in [-0.1, -0.05) is 0 Å². The van der Waals surface area contributed by atoms with E-state index in [0.717, 1.165) is 31.8 Å². The maximum atomic E-state index is 5.89. The van der Waals surface area contributed by atoms with Crippen molar-refractivity contribution in [2.75, 3.05) is 26.2 Å². The minimum absolute atomic E-state index is 0.323. The van der Waals surface area contributed by atoms with E-state index in [1.165, 1.54) is 19.4 Å². The van der Waals surface area contributed by atoms with Gasteiger partial charge in [-0.2, -0.15) is 0 Å². The molecule has 2 unspecified atom stereocenters. The van der Waals surface area contributed by atoms with Crippen LogP contribution in [-0.4, -0.2) is 53.3 Å². The normalized spacial score (nSPS) is 28.2. The number of fused-ring (bicyclic) bond motifs is 1. The summed E-state index contributed by atoms with van der Waals surface area (Å²) in [7, 11) is 0. The Balaban J connectivity index is 1.41. The van der Waals surface area contributed by atoms with Crippen LogP contribution in [0.15, 0.2) is 18.7 Å². The Morgan fingerprint density at radius 1 is 1.39 bits per heavy atom. The van der Waals surface area contributed by atoms with E-state index in [0.29, 0.717) is 12.1 Å². The lowest BCUT2D eigenvalue weighted by Crippen LogP contribution is -2.49. The van der Waals surface area contributed by atoms with Gasteiger partial charge in [0.25, 0.3) is 0 Å². The van der Waals surface area contributed by atoms with E-state index in [1.54, 1.807) is 6.33 Å². The molecule has 0 spiro atoms. The fourth-order valence-corrected chi connectivity index (χ4v) is 2.81. The summed E-state index contributed by atoms with van der Waals surface area (Å²) in [6.45, 7) is 4.93. The van der Waals surface area contributed by atoms with Crippen molar-refractivity contribution in [1.29, 1.82) is 0 Å². The van der Waals surface area contributed by atoms with Gasteiger partial charge in [0, 0.05) is 43.6 Å². The molecule has 1 aromatic heterocycles. The summed E-state index contributed by atoms with van der Waals surface area (Å²) in [4.78, 5) is 10.6. The van der Waals surface area contributed by atoms with Gasteiger partial charge in [-0.05, 0) is 19.4 Å². The van der Waals surface area contributed by atoms with Crippen LogP contribution in [0.5, 0.6) is 0 Å². The Labute approximate surface area is 108 Å². The molecule has 0 saturated carbocycles. The molecule has 0 aromatic carbocycles. The second-order valence-electron chi connectivity index (χ2n) is 5.12. The lowest BCUT2D eigenvalue weighted by atomic mass is 10.2. The summed E-state index contributed by atoms with van der Waals surface area (Å²) in [5, 5.41) is 3.42. The Bertz CT molecular complexity index is 373. The van der Waals surface area contributed by atoms with E-state index in [9.17, 15) is 0 Å². The first-order chi connectivity index (χ1) is 8.92. The highest BCUT2D eigenvalue weighted by Crippen LogP contribution is 2.22. The molecule has 2 fully saturated rings. The van der Waals surface area contributed by atoms with Crippen LogP contribution >= 0.6 is 0 Å². The molecule has 2 saturated heterocycles. The number of ether oxygens (including phenoxy) is 1. The number of morpholine rings is 1. The van der Waals surface area contributed by atoms with Gasteiger partial charge in [-0.3, -0.25) is 4.90 Å². The van der Waals surface area contributed by atoms with Crippen molar-refractivity contribution in [3.05, 3.63) is 24.3 Å². The molecule has 1 aromatic rings. The van der Waals surface area contributed by atoms with Crippen molar-refractivity contribution in [2.24, 2.45) is 0 Å². The first-order valence-corrected chi connectivity index (χ1v) is 6.72. The largest absolute Gasteiger partial charge is 0.374 e. The Hall–Kier alpha value is -1.04. The molecule has 2 aliphatic rings. The van der Waals surface area contributed by atoms with E-state index >= 15 is 0 Å². The SMILES string of the molecule is c1ncc(CNCC2CN3CCCC3CO2)cn1. The molecule has 5 heteroatoms. The molecule has 3 rings (SSSR count). The first-order valence-electron chi connectivity index (χ1n) is 6.72. The summed E-state index contributed by atoms with van der Waals surface area (Å²) < 4.78 is 5.89. The van der Waals surface area contributed by atoms with Gasteiger partial charge in [0.2, 0.25) is 0 Å². The Kier molecular flexibility index (Phi) is 3.83. The molecular weight excluding hydrogens is 228 g/mol. The number of rotatable bonds is 4. The number of nitrogens with one attached hydrogen (secondary N) is 1. The lowest BCUT2D eigenvalue weighted by molar-refractivity contribution is -0.0470. The zero-order chi connectivity index (χ0) is 12.2. The van der Waals surface area contributed by atoms with Gasteiger partial charge in [0.05, 0.1) is 12.7 Å². The van der Waals surface area contributed by atoms with Gasteiger partial charge >= 0.3 is 0 Å². The van der Waals surface area contributed by atoms with Crippen LogP contribution in [0.1, 0.15) is 18.4 Å². The highest BCUT2D eigenvalue weighted by Gasteiger charge is 2.31. The van der Waals surface area contributed by atoms with E-state index < -0.39 is 0 Å². The highest BCUT2D eigenvalue weighted by atomic mass is 16.5. The van der Waals surface area contributed by atoms with E-state index in [1.807, 2.05) is 12.4 Å². The maximum Gasteiger partial charge on any atom is 0.115 e. The molecule has 0 aliphatic carbocycles. The zero-order valence-electron chi connectivity index (χ0n) is 10.6. The second kappa shape index (κ2) is 5.73. The maximum absolute atomic E-state index is 5.89. The van der Waals surface area contributed by atoms with Crippen LogP contribution in [0.25, 0.3) is 0 Å². The van der Waals surface area contributed by atoms with Crippen LogP contribution in [0.4, 0.5) is 0 Å². The summed E-state index contributed by atoms with van der Waals surface area (Å²) in [6, 6.07) is 0.684. The van der Waals surface area contributed by atoms with Gasteiger partial charge in [0.1, 0.15) is 6.33 Å². The predicted octanol–water partition coefficient (Wildman–Crippen LogP) is 0.429. The molecule has 2 aliphatic heterocycles. The number of nitrogens with zero attached hydrogens (tertiary/aromatic N) is 3. The molecule has 0 bridgehead atoms. The summed E-state index contributed by atoms with van der Waals surface area (Å²) in [5.41, 5.74) is 1.12. The van der Waals surface area contributed by atoms with Crippen molar-refractivity contribution >= 4 is 0 Å². The quantitative estimate of drug-likeness (QED) is 0.837. The van der Waals surface area contributed by atoms with E-state index in [-0.39, 0.29) is 0 Å². The molecule has 5 nitrogen and oxygen atoms in total. The standard InChI is InChI=1S/C13H20N4O/c1-2-12-9-18-13(8-17(12)3-1)7-14-4-11-5-15-10-16-6-11/h5-6,10,12-14H,1-4,7-9H2. The third-order valence-electron chi connectivity index (χ3n) is 3.78. The third kappa shape index (κ3) is 2.85. The van der Waals surface area contributed by atoms with Gasteiger partial charge in [-0.15, -0.1) is 0 Å². The first kappa shape index (κ1) is 12.0. The van der Waals surface area contributed by atoms with Crippen LogP contribution in [-0.2, 0) is 11.3 Å². The van der Waals surface area contributed by atoms with Crippen molar-refractivity contribution in [1.82, 2.24) is 20.2 Å². The zero-order valence-corrected chi connectivity index (χ0v) is 10.6. The van der Waals surface area contributed by atoms with Crippen LogP contribution < -0.4 is 5.32 Å². The van der Waals surface area contributed by atoms with Crippen LogP contribution in [0.3, 0.4) is 0 Å². The van der Waals surface area contributed by atoms with Gasteiger partial charge in [0.15, 0.2) is 0 Å².